The average molecular weight is 266 g/mol. The number of rotatable bonds is 9. The molecule has 1 rings (SSSR count). The molecule has 1 atom stereocenters. The summed E-state index contributed by atoms with van der Waals surface area (Å²) in [6.07, 6.45) is 1.58. The summed E-state index contributed by atoms with van der Waals surface area (Å²) in [6.45, 7) is 4.99. The molecule has 0 bridgehead atoms. The lowest BCUT2D eigenvalue weighted by atomic mass is 10.2. The normalized spacial score (nSPS) is 12.7. The van der Waals surface area contributed by atoms with Crippen LogP contribution in [0.5, 0.6) is 5.75 Å². The van der Waals surface area contributed by atoms with Crippen LogP contribution in [0.1, 0.15) is 25.3 Å². The lowest BCUT2D eigenvalue weighted by Crippen LogP contribution is -2.24. The van der Waals surface area contributed by atoms with Crippen LogP contribution in [0.2, 0.25) is 0 Å². The standard InChI is InChI=1S/C15H26N2O2/c1-13(18)8-10-17(2)9-3-11-19-15-6-4-14(12-16)5-7-15/h4-7,13,18H,3,8-12,16H2,1-2H3. The van der Waals surface area contributed by atoms with Crippen molar-refractivity contribution in [2.24, 2.45) is 5.73 Å². The van der Waals surface area contributed by atoms with Crippen molar-refractivity contribution < 1.29 is 9.84 Å². The number of hydrogen-bond acceptors (Lipinski definition) is 4. The maximum Gasteiger partial charge on any atom is 0.119 e. The Bertz CT molecular complexity index is 339. The van der Waals surface area contributed by atoms with E-state index in [0.717, 1.165) is 37.2 Å². The van der Waals surface area contributed by atoms with Gasteiger partial charge < -0.3 is 20.5 Å². The van der Waals surface area contributed by atoms with Gasteiger partial charge in [-0.15, -0.1) is 0 Å². The van der Waals surface area contributed by atoms with Gasteiger partial charge in [-0.3, -0.25) is 0 Å². The molecule has 0 radical (unpaired) electrons. The van der Waals surface area contributed by atoms with Crippen LogP contribution in [0.4, 0.5) is 0 Å². The largest absolute Gasteiger partial charge is 0.494 e. The summed E-state index contributed by atoms with van der Waals surface area (Å²) in [4.78, 5) is 2.22. The van der Waals surface area contributed by atoms with E-state index in [-0.39, 0.29) is 6.10 Å². The Labute approximate surface area is 116 Å². The van der Waals surface area contributed by atoms with Crippen molar-refractivity contribution in [1.29, 1.82) is 0 Å². The third-order valence-electron chi connectivity index (χ3n) is 3.04. The second-order valence-electron chi connectivity index (χ2n) is 4.99. The monoisotopic (exact) mass is 266 g/mol. The van der Waals surface area contributed by atoms with E-state index in [9.17, 15) is 5.11 Å². The fraction of sp³-hybridized carbons (Fsp3) is 0.600. The SMILES string of the molecule is CC(O)CCN(C)CCCOc1ccc(CN)cc1. The molecule has 0 aliphatic rings. The highest BCUT2D eigenvalue weighted by Crippen LogP contribution is 2.12. The van der Waals surface area contributed by atoms with Crippen LogP contribution < -0.4 is 10.5 Å². The van der Waals surface area contributed by atoms with Gasteiger partial charge in [0.05, 0.1) is 12.7 Å². The number of nitrogens with two attached hydrogens (primary N) is 1. The van der Waals surface area contributed by atoms with E-state index in [1.54, 1.807) is 0 Å². The maximum absolute atomic E-state index is 9.20. The predicted octanol–water partition coefficient (Wildman–Crippen LogP) is 1.62. The van der Waals surface area contributed by atoms with E-state index >= 15 is 0 Å². The summed E-state index contributed by atoms with van der Waals surface area (Å²) < 4.78 is 5.66. The molecule has 0 saturated carbocycles. The van der Waals surface area contributed by atoms with E-state index in [0.29, 0.717) is 13.2 Å². The molecule has 3 N–H and O–H groups in total. The second kappa shape index (κ2) is 8.91. The number of hydrogen-bond donors (Lipinski definition) is 2. The van der Waals surface area contributed by atoms with Crippen LogP contribution in [-0.2, 0) is 6.54 Å². The molecule has 0 fully saturated rings. The molecule has 1 aromatic rings. The summed E-state index contributed by atoms with van der Waals surface area (Å²) in [5.41, 5.74) is 6.66. The summed E-state index contributed by atoms with van der Waals surface area (Å²) in [6, 6.07) is 7.90. The average Bonchev–Trinajstić information content (AvgIpc) is 2.42. The lowest BCUT2D eigenvalue weighted by molar-refractivity contribution is 0.162. The Hall–Kier alpha value is -1.10. The van der Waals surface area contributed by atoms with E-state index < -0.39 is 0 Å². The van der Waals surface area contributed by atoms with Gasteiger partial charge in [-0.25, -0.2) is 0 Å². The highest BCUT2D eigenvalue weighted by atomic mass is 16.5. The molecule has 19 heavy (non-hydrogen) atoms. The molecule has 108 valence electrons. The summed E-state index contributed by atoms with van der Waals surface area (Å²) in [5, 5.41) is 9.20. The highest BCUT2D eigenvalue weighted by Gasteiger charge is 2.01. The molecule has 1 unspecified atom stereocenters. The first-order valence-electron chi connectivity index (χ1n) is 6.90. The van der Waals surface area contributed by atoms with Gasteiger partial charge in [-0.05, 0) is 44.5 Å². The van der Waals surface area contributed by atoms with Gasteiger partial charge in [-0.1, -0.05) is 12.1 Å². The van der Waals surface area contributed by atoms with Gasteiger partial charge in [0.15, 0.2) is 0 Å². The van der Waals surface area contributed by atoms with Crippen LogP contribution in [-0.4, -0.2) is 42.9 Å². The van der Waals surface area contributed by atoms with Gasteiger partial charge in [0.1, 0.15) is 5.75 Å². The van der Waals surface area contributed by atoms with E-state index in [1.165, 1.54) is 0 Å². The van der Waals surface area contributed by atoms with Crippen LogP contribution >= 0.6 is 0 Å². The number of benzene rings is 1. The zero-order chi connectivity index (χ0) is 14.1. The number of aliphatic hydroxyl groups is 1. The summed E-state index contributed by atoms with van der Waals surface area (Å²) in [5.74, 6) is 0.892. The Kier molecular flexibility index (Phi) is 7.48. The van der Waals surface area contributed by atoms with Crippen molar-refractivity contribution >= 4 is 0 Å². The molecular weight excluding hydrogens is 240 g/mol. The fourth-order valence-corrected chi connectivity index (χ4v) is 1.77. The first-order chi connectivity index (χ1) is 9.11. The fourth-order valence-electron chi connectivity index (χ4n) is 1.77. The Balaban J connectivity index is 2.12. The number of nitrogens with zero attached hydrogens (tertiary/aromatic N) is 1. The van der Waals surface area contributed by atoms with Gasteiger partial charge in [0.25, 0.3) is 0 Å². The molecule has 4 heteroatoms. The Morgan fingerprint density at radius 3 is 2.53 bits per heavy atom. The van der Waals surface area contributed by atoms with Gasteiger partial charge >= 0.3 is 0 Å². The zero-order valence-corrected chi connectivity index (χ0v) is 12.0. The molecule has 0 aliphatic carbocycles. The predicted molar refractivity (Wildman–Crippen MR) is 78.2 cm³/mol. The quantitative estimate of drug-likeness (QED) is 0.667. The molecule has 0 heterocycles. The third kappa shape index (κ3) is 7.15. The van der Waals surface area contributed by atoms with Crippen molar-refractivity contribution in [3.63, 3.8) is 0 Å². The molecule has 0 spiro atoms. The topological polar surface area (TPSA) is 58.7 Å². The molecule has 0 amide bonds. The molecule has 1 aromatic carbocycles. The summed E-state index contributed by atoms with van der Waals surface area (Å²) in [7, 11) is 2.07. The molecule has 0 aromatic heterocycles. The lowest BCUT2D eigenvalue weighted by Gasteiger charge is -2.17. The zero-order valence-electron chi connectivity index (χ0n) is 12.0. The smallest absolute Gasteiger partial charge is 0.119 e. The molecular formula is C15H26N2O2. The first kappa shape index (κ1) is 16.0. The minimum absolute atomic E-state index is 0.222. The number of ether oxygens (including phenoxy) is 1. The van der Waals surface area contributed by atoms with Crippen LogP contribution in [0.3, 0.4) is 0 Å². The second-order valence-corrected chi connectivity index (χ2v) is 4.99. The van der Waals surface area contributed by atoms with E-state index in [1.807, 2.05) is 31.2 Å². The number of aliphatic hydroxyl groups excluding tert-OH is 1. The first-order valence-corrected chi connectivity index (χ1v) is 6.90. The van der Waals surface area contributed by atoms with Crippen LogP contribution in [0, 0.1) is 0 Å². The third-order valence-corrected chi connectivity index (χ3v) is 3.04. The summed E-state index contributed by atoms with van der Waals surface area (Å²) >= 11 is 0. The van der Waals surface area contributed by atoms with Gasteiger partial charge in [0.2, 0.25) is 0 Å². The van der Waals surface area contributed by atoms with E-state index in [2.05, 4.69) is 11.9 Å². The van der Waals surface area contributed by atoms with Gasteiger partial charge in [0, 0.05) is 19.6 Å². The van der Waals surface area contributed by atoms with Crippen LogP contribution in [0.15, 0.2) is 24.3 Å². The van der Waals surface area contributed by atoms with Crippen molar-refractivity contribution in [1.82, 2.24) is 4.90 Å². The minimum atomic E-state index is -0.222. The van der Waals surface area contributed by atoms with Crippen molar-refractivity contribution in [2.45, 2.75) is 32.4 Å². The molecule has 0 saturated heterocycles. The van der Waals surface area contributed by atoms with Gasteiger partial charge in [-0.2, -0.15) is 0 Å². The van der Waals surface area contributed by atoms with Crippen molar-refractivity contribution in [2.75, 3.05) is 26.7 Å². The molecule has 4 nitrogen and oxygen atoms in total. The molecule has 0 aliphatic heterocycles. The highest BCUT2D eigenvalue weighted by molar-refractivity contribution is 5.26. The van der Waals surface area contributed by atoms with Crippen LogP contribution in [0.25, 0.3) is 0 Å². The van der Waals surface area contributed by atoms with Crippen molar-refractivity contribution in [3.05, 3.63) is 29.8 Å². The van der Waals surface area contributed by atoms with E-state index in [4.69, 9.17) is 10.5 Å². The Morgan fingerprint density at radius 2 is 1.95 bits per heavy atom. The maximum atomic E-state index is 9.20. The van der Waals surface area contributed by atoms with Crippen molar-refractivity contribution in [3.8, 4) is 5.75 Å². The minimum Gasteiger partial charge on any atom is -0.494 e. The Morgan fingerprint density at radius 1 is 1.26 bits per heavy atom.